The molecule has 2 rings (SSSR count). The number of hydrogen-bond acceptors (Lipinski definition) is 4. The van der Waals surface area contributed by atoms with Crippen LogP contribution in [0.5, 0.6) is 0 Å². The Labute approximate surface area is 141 Å². The molecule has 1 aromatic carbocycles. The van der Waals surface area contributed by atoms with Gasteiger partial charge in [-0.2, -0.15) is 0 Å². The Hall–Kier alpha value is -1.30. The van der Waals surface area contributed by atoms with Crippen LogP contribution in [-0.4, -0.2) is 31.1 Å². The van der Waals surface area contributed by atoms with Crippen LogP contribution in [0.25, 0.3) is 0 Å². The lowest BCUT2D eigenvalue weighted by Crippen LogP contribution is -2.25. The average Bonchev–Trinajstić information content (AvgIpc) is 2.94. The quantitative estimate of drug-likeness (QED) is 0.822. The SMILES string of the molecule is CC(C)OC(=O)c1ccc(Cl)c(NC(=O)C2CCNC2)c1.Cl. The van der Waals surface area contributed by atoms with E-state index in [0.29, 0.717) is 22.8 Å². The standard InChI is InChI=1S/C15H19ClN2O3.ClH/c1-9(2)21-15(20)10-3-4-12(16)13(7-10)18-14(19)11-5-6-17-8-11;/h3-4,7,9,11,17H,5-6,8H2,1-2H3,(H,18,19);1H. The van der Waals surface area contributed by atoms with E-state index in [9.17, 15) is 9.59 Å². The van der Waals surface area contributed by atoms with Crippen LogP contribution in [0.2, 0.25) is 5.02 Å². The van der Waals surface area contributed by atoms with Gasteiger partial charge in [0.25, 0.3) is 0 Å². The Morgan fingerprint density at radius 1 is 1.41 bits per heavy atom. The molecular formula is C15H20Cl2N2O3. The third-order valence-corrected chi connectivity index (χ3v) is 3.56. The van der Waals surface area contributed by atoms with E-state index < -0.39 is 5.97 Å². The average molecular weight is 347 g/mol. The maximum atomic E-state index is 12.1. The first-order valence-electron chi connectivity index (χ1n) is 6.99. The number of rotatable bonds is 4. The van der Waals surface area contributed by atoms with Crippen LogP contribution in [0.15, 0.2) is 18.2 Å². The number of carbonyl (C=O) groups excluding carboxylic acids is 2. The lowest BCUT2D eigenvalue weighted by Gasteiger charge is -2.13. The summed E-state index contributed by atoms with van der Waals surface area (Å²) in [6.45, 7) is 5.07. The highest BCUT2D eigenvalue weighted by molar-refractivity contribution is 6.33. The van der Waals surface area contributed by atoms with Crippen LogP contribution < -0.4 is 10.6 Å². The number of nitrogens with one attached hydrogen (secondary N) is 2. The monoisotopic (exact) mass is 346 g/mol. The van der Waals surface area contributed by atoms with Gasteiger partial charge < -0.3 is 15.4 Å². The molecule has 1 atom stereocenters. The Morgan fingerprint density at radius 3 is 2.73 bits per heavy atom. The molecule has 1 aromatic rings. The van der Waals surface area contributed by atoms with Gasteiger partial charge in [-0.05, 0) is 45.0 Å². The van der Waals surface area contributed by atoms with E-state index in [2.05, 4.69) is 10.6 Å². The molecule has 1 heterocycles. The molecule has 0 aromatic heterocycles. The maximum absolute atomic E-state index is 12.1. The first kappa shape index (κ1) is 18.7. The van der Waals surface area contributed by atoms with Gasteiger partial charge in [0.15, 0.2) is 0 Å². The first-order valence-corrected chi connectivity index (χ1v) is 7.37. The molecule has 0 aliphatic carbocycles. The zero-order chi connectivity index (χ0) is 15.4. The number of hydrogen-bond donors (Lipinski definition) is 2. The van der Waals surface area contributed by atoms with E-state index >= 15 is 0 Å². The number of ether oxygens (including phenoxy) is 1. The second-order valence-corrected chi connectivity index (χ2v) is 5.73. The highest BCUT2D eigenvalue weighted by atomic mass is 35.5. The van der Waals surface area contributed by atoms with Crippen LogP contribution in [0.3, 0.4) is 0 Å². The van der Waals surface area contributed by atoms with Crippen LogP contribution in [0.1, 0.15) is 30.6 Å². The molecule has 0 saturated carbocycles. The first-order chi connectivity index (χ1) is 9.97. The Morgan fingerprint density at radius 2 is 2.14 bits per heavy atom. The van der Waals surface area contributed by atoms with Crippen molar-refractivity contribution >= 4 is 41.6 Å². The zero-order valence-electron chi connectivity index (χ0n) is 12.5. The number of benzene rings is 1. The fourth-order valence-electron chi connectivity index (χ4n) is 2.14. The van der Waals surface area contributed by atoms with Gasteiger partial charge in [-0.3, -0.25) is 4.79 Å². The van der Waals surface area contributed by atoms with E-state index in [1.807, 2.05) is 0 Å². The van der Waals surface area contributed by atoms with Crippen molar-refractivity contribution in [3.8, 4) is 0 Å². The lowest BCUT2D eigenvalue weighted by molar-refractivity contribution is -0.119. The summed E-state index contributed by atoms with van der Waals surface area (Å²) in [6.07, 6.45) is 0.606. The maximum Gasteiger partial charge on any atom is 0.338 e. The molecule has 22 heavy (non-hydrogen) atoms. The molecule has 122 valence electrons. The van der Waals surface area contributed by atoms with E-state index in [1.165, 1.54) is 0 Å². The van der Waals surface area contributed by atoms with Gasteiger partial charge in [0.1, 0.15) is 0 Å². The van der Waals surface area contributed by atoms with Crippen LogP contribution >= 0.6 is 24.0 Å². The summed E-state index contributed by atoms with van der Waals surface area (Å²) in [5.74, 6) is -0.580. The molecule has 1 amide bonds. The van der Waals surface area contributed by atoms with E-state index in [4.69, 9.17) is 16.3 Å². The van der Waals surface area contributed by atoms with Crippen molar-refractivity contribution in [3.63, 3.8) is 0 Å². The minimum Gasteiger partial charge on any atom is -0.459 e. The molecule has 2 N–H and O–H groups in total. The number of carbonyl (C=O) groups is 2. The van der Waals surface area contributed by atoms with Crippen molar-refractivity contribution in [3.05, 3.63) is 28.8 Å². The Balaban J connectivity index is 0.00000242. The van der Waals surface area contributed by atoms with E-state index in [0.717, 1.165) is 13.0 Å². The topological polar surface area (TPSA) is 67.4 Å². The molecule has 7 heteroatoms. The number of amides is 1. The summed E-state index contributed by atoms with van der Waals surface area (Å²) in [7, 11) is 0. The summed E-state index contributed by atoms with van der Waals surface area (Å²) in [5, 5.41) is 6.32. The van der Waals surface area contributed by atoms with Gasteiger partial charge in [0.2, 0.25) is 5.91 Å². The van der Waals surface area contributed by atoms with Gasteiger partial charge in [-0.25, -0.2) is 4.79 Å². The van der Waals surface area contributed by atoms with Crippen LogP contribution in [-0.2, 0) is 9.53 Å². The highest BCUT2D eigenvalue weighted by Crippen LogP contribution is 2.25. The van der Waals surface area contributed by atoms with Crippen molar-refractivity contribution in [2.45, 2.75) is 26.4 Å². The van der Waals surface area contributed by atoms with Gasteiger partial charge in [0, 0.05) is 6.54 Å². The van der Waals surface area contributed by atoms with Gasteiger partial charge in [-0.1, -0.05) is 11.6 Å². The summed E-state index contributed by atoms with van der Waals surface area (Å²) < 4.78 is 5.13. The lowest BCUT2D eigenvalue weighted by atomic mass is 10.1. The predicted octanol–water partition coefficient (Wildman–Crippen LogP) is 2.88. The molecular weight excluding hydrogens is 327 g/mol. The summed E-state index contributed by atoms with van der Waals surface area (Å²) >= 11 is 6.07. The van der Waals surface area contributed by atoms with Crippen LogP contribution in [0.4, 0.5) is 5.69 Å². The molecule has 1 fully saturated rings. The molecule has 1 unspecified atom stereocenters. The highest BCUT2D eigenvalue weighted by Gasteiger charge is 2.23. The van der Waals surface area contributed by atoms with Gasteiger partial charge in [-0.15, -0.1) is 12.4 Å². The zero-order valence-corrected chi connectivity index (χ0v) is 14.1. The fraction of sp³-hybridized carbons (Fsp3) is 0.467. The van der Waals surface area contributed by atoms with Crippen molar-refractivity contribution in [1.29, 1.82) is 0 Å². The van der Waals surface area contributed by atoms with Crippen molar-refractivity contribution < 1.29 is 14.3 Å². The normalized spacial score (nSPS) is 17.0. The third kappa shape index (κ3) is 4.87. The third-order valence-electron chi connectivity index (χ3n) is 3.23. The minimum atomic E-state index is -0.431. The van der Waals surface area contributed by atoms with Gasteiger partial charge >= 0.3 is 5.97 Å². The number of halogens is 2. The molecule has 5 nitrogen and oxygen atoms in total. The summed E-state index contributed by atoms with van der Waals surface area (Å²) in [6, 6.07) is 4.72. The fourth-order valence-corrected chi connectivity index (χ4v) is 2.31. The van der Waals surface area contributed by atoms with Gasteiger partial charge in [0.05, 0.1) is 28.3 Å². The number of anilines is 1. The second kappa shape index (κ2) is 8.36. The molecule has 0 spiro atoms. The van der Waals surface area contributed by atoms with Crippen molar-refractivity contribution in [1.82, 2.24) is 5.32 Å². The molecule has 0 radical (unpaired) electrons. The minimum absolute atomic E-state index is 0. The van der Waals surface area contributed by atoms with Crippen molar-refractivity contribution in [2.75, 3.05) is 18.4 Å². The summed E-state index contributed by atoms with van der Waals surface area (Å²) in [4.78, 5) is 24.0. The Kier molecular flexibility index (Phi) is 7.13. The number of esters is 1. The van der Waals surface area contributed by atoms with Crippen LogP contribution in [0, 0.1) is 5.92 Å². The van der Waals surface area contributed by atoms with Crippen molar-refractivity contribution in [2.24, 2.45) is 5.92 Å². The molecule has 1 aliphatic rings. The second-order valence-electron chi connectivity index (χ2n) is 5.33. The largest absolute Gasteiger partial charge is 0.459 e. The molecule has 0 bridgehead atoms. The Bertz CT molecular complexity index is 544. The summed E-state index contributed by atoms with van der Waals surface area (Å²) in [5.41, 5.74) is 0.805. The van der Waals surface area contributed by atoms with E-state index in [1.54, 1.807) is 32.0 Å². The van der Waals surface area contributed by atoms with E-state index in [-0.39, 0.29) is 30.3 Å². The predicted molar refractivity (Wildman–Crippen MR) is 88.9 cm³/mol. The molecule has 1 aliphatic heterocycles. The molecule has 1 saturated heterocycles. The smallest absolute Gasteiger partial charge is 0.338 e.